The number of aryl methyl sites for hydroxylation is 1. The highest BCUT2D eigenvalue weighted by atomic mass is 17.2. The van der Waals surface area contributed by atoms with E-state index in [2.05, 4.69) is 14.8 Å². The van der Waals surface area contributed by atoms with E-state index in [1.807, 2.05) is 56.3 Å². The summed E-state index contributed by atoms with van der Waals surface area (Å²) in [6.07, 6.45) is 0.266. The van der Waals surface area contributed by atoms with Crippen LogP contribution in [0.25, 0.3) is 10.9 Å². The Balaban J connectivity index is 1.63. The molecule has 0 bridgehead atoms. The number of ether oxygens (including phenoxy) is 2. The van der Waals surface area contributed by atoms with Gasteiger partial charge in [0.2, 0.25) is 0 Å². The summed E-state index contributed by atoms with van der Waals surface area (Å²) >= 11 is 0. The third-order valence-corrected chi connectivity index (χ3v) is 4.98. The first kappa shape index (κ1) is 23.4. The molecule has 1 heterocycles. The monoisotopic (exact) mass is 440 g/mol. The highest BCUT2D eigenvalue weighted by Crippen LogP contribution is 2.15. The van der Waals surface area contributed by atoms with Gasteiger partial charge in [-0.05, 0) is 36.8 Å². The lowest BCUT2D eigenvalue weighted by molar-refractivity contribution is -0.263. The molecule has 0 amide bonds. The fraction of sp³-hybridized carbons (Fsp3) is 0.375. The van der Waals surface area contributed by atoms with Crippen molar-refractivity contribution in [3.05, 3.63) is 70.3 Å². The molecule has 8 heteroatoms. The highest BCUT2D eigenvalue weighted by molar-refractivity contribution is 5.77. The quantitative estimate of drug-likeness (QED) is 0.334. The molecule has 0 saturated heterocycles. The number of hydrogen-bond acceptors (Lipinski definition) is 7. The predicted octanol–water partition coefficient (Wildman–Crippen LogP) is 3.09. The van der Waals surface area contributed by atoms with Crippen molar-refractivity contribution in [2.24, 2.45) is 0 Å². The molecule has 1 unspecified atom stereocenters. The fourth-order valence-corrected chi connectivity index (χ4v) is 3.45. The van der Waals surface area contributed by atoms with Crippen LogP contribution in [0.5, 0.6) is 5.75 Å². The number of hydrogen-bond donors (Lipinski definition) is 0. The summed E-state index contributed by atoms with van der Waals surface area (Å²) in [6.45, 7) is 4.90. The van der Waals surface area contributed by atoms with Crippen LogP contribution in [-0.4, -0.2) is 41.9 Å². The second kappa shape index (κ2) is 11.4. The van der Waals surface area contributed by atoms with Crippen molar-refractivity contribution in [3.63, 3.8) is 0 Å². The first-order valence-corrected chi connectivity index (χ1v) is 10.6. The number of fused-ring (bicyclic) bond motifs is 1. The Morgan fingerprint density at radius 2 is 1.84 bits per heavy atom. The smallest absolute Gasteiger partial charge is 0.371 e. The summed E-state index contributed by atoms with van der Waals surface area (Å²) < 4.78 is 13.0. The zero-order valence-corrected chi connectivity index (χ0v) is 18.6. The molecule has 2 aromatic carbocycles. The first-order valence-electron chi connectivity index (χ1n) is 10.6. The maximum absolute atomic E-state index is 12.9. The molecule has 3 aromatic rings. The van der Waals surface area contributed by atoms with E-state index in [0.717, 1.165) is 11.4 Å². The Labute approximate surface area is 186 Å². The number of rotatable bonds is 11. The van der Waals surface area contributed by atoms with Gasteiger partial charge < -0.3 is 9.47 Å². The van der Waals surface area contributed by atoms with E-state index >= 15 is 0 Å². The van der Waals surface area contributed by atoms with Crippen LogP contribution < -0.4 is 10.3 Å². The molecular weight excluding hydrogens is 412 g/mol. The molecular formula is C24H28N2O6. The summed E-state index contributed by atoms with van der Waals surface area (Å²) in [7, 11) is 1.28. The van der Waals surface area contributed by atoms with E-state index in [4.69, 9.17) is 9.47 Å². The third-order valence-electron chi connectivity index (χ3n) is 4.98. The molecule has 0 N–H and O–H groups in total. The Hall–Kier alpha value is -3.23. The van der Waals surface area contributed by atoms with Gasteiger partial charge in [0.05, 0.1) is 24.6 Å². The van der Waals surface area contributed by atoms with Gasteiger partial charge in [-0.2, -0.15) is 4.89 Å². The van der Waals surface area contributed by atoms with Gasteiger partial charge in [-0.15, -0.1) is 0 Å². The van der Waals surface area contributed by atoms with Crippen LogP contribution in [0.1, 0.15) is 25.2 Å². The van der Waals surface area contributed by atoms with Crippen LogP contribution in [-0.2, 0) is 38.7 Å². The molecule has 170 valence electrons. The average molecular weight is 440 g/mol. The van der Waals surface area contributed by atoms with E-state index in [0.29, 0.717) is 49.3 Å². The van der Waals surface area contributed by atoms with Gasteiger partial charge in [-0.1, -0.05) is 31.2 Å². The molecule has 0 aliphatic carbocycles. The van der Waals surface area contributed by atoms with Crippen molar-refractivity contribution in [2.45, 2.75) is 39.3 Å². The summed E-state index contributed by atoms with van der Waals surface area (Å²) in [5.41, 5.74) is 1.55. The summed E-state index contributed by atoms with van der Waals surface area (Å²) in [5, 5.41) is 0.602. The first-order chi connectivity index (χ1) is 15.6. The van der Waals surface area contributed by atoms with Gasteiger partial charge in [0.1, 0.15) is 18.2 Å². The molecule has 3 rings (SSSR count). The van der Waals surface area contributed by atoms with Crippen LogP contribution in [0.4, 0.5) is 0 Å². The number of nitrogens with zero attached hydrogens (tertiary/aromatic N) is 2. The Bertz CT molecular complexity index is 1090. The van der Waals surface area contributed by atoms with Crippen molar-refractivity contribution >= 4 is 16.9 Å². The number of para-hydroxylation sites is 1. The zero-order chi connectivity index (χ0) is 22.9. The highest BCUT2D eigenvalue weighted by Gasteiger charge is 2.21. The average Bonchev–Trinajstić information content (AvgIpc) is 2.81. The summed E-state index contributed by atoms with van der Waals surface area (Å²) in [4.78, 5) is 38.4. The lowest BCUT2D eigenvalue weighted by Gasteiger charge is -2.15. The molecule has 0 aliphatic heterocycles. The molecule has 0 saturated carbocycles. The fourth-order valence-electron chi connectivity index (χ4n) is 3.45. The lowest BCUT2D eigenvalue weighted by Crippen LogP contribution is -2.28. The minimum Gasteiger partial charge on any atom is -0.492 e. The van der Waals surface area contributed by atoms with Gasteiger partial charge in [-0.3, -0.25) is 14.2 Å². The number of carbonyl (C=O) groups excluding carboxylic acids is 1. The molecule has 0 fully saturated rings. The number of benzene rings is 2. The second-order valence-electron chi connectivity index (χ2n) is 7.07. The molecule has 1 aromatic heterocycles. The van der Waals surface area contributed by atoms with E-state index in [1.54, 1.807) is 10.6 Å². The molecule has 1 atom stereocenters. The van der Waals surface area contributed by atoms with E-state index in [1.165, 1.54) is 7.11 Å². The topological polar surface area (TPSA) is 88.9 Å². The Kier molecular flexibility index (Phi) is 8.35. The SMILES string of the molecule is CCOC(Cc1ccc(OCCn2c(CC)nc3ccccc3c2=O)cc1)C(=O)OOC. The molecule has 8 nitrogen and oxygen atoms in total. The van der Waals surface area contributed by atoms with Gasteiger partial charge in [0, 0.05) is 19.4 Å². The number of aromatic nitrogens is 2. The predicted molar refractivity (Wildman–Crippen MR) is 120 cm³/mol. The van der Waals surface area contributed by atoms with Crippen molar-refractivity contribution in [3.8, 4) is 5.75 Å². The normalized spacial score (nSPS) is 12.0. The van der Waals surface area contributed by atoms with Crippen LogP contribution in [0.15, 0.2) is 53.3 Å². The van der Waals surface area contributed by atoms with Gasteiger partial charge in [0.25, 0.3) is 5.56 Å². The van der Waals surface area contributed by atoms with Crippen molar-refractivity contribution in [1.29, 1.82) is 0 Å². The van der Waals surface area contributed by atoms with Crippen molar-refractivity contribution in [2.75, 3.05) is 20.3 Å². The standard InChI is InChI=1S/C24H28N2O6/c1-4-22-25-20-9-7-6-8-19(20)23(27)26(22)14-15-31-18-12-10-17(11-13-18)16-21(30-5-2)24(28)32-29-3/h6-13,21H,4-5,14-16H2,1-3H3. The third kappa shape index (κ3) is 5.72. The van der Waals surface area contributed by atoms with E-state index in [-0.39, 0.29) is 5.56 Å². The summed E-state index contributed by atoms with van der Waals surface area (Å²) in [5.74, 6) is 0.828. The van der Waals surface area contributed by atoms with Crippen molar-refractivity contribution < 1.29 is 24.0 Å². The zero-order valence-electron chi connectivity index (χ0n) is 18.6. The maximum Gasteiger partial charge on any atom is 0.371 e. The molecule has 0 spiro atoms. The Morgan fingerprint density at radius 1 is 1.09 bits per heavy atom. The van der Waals surface area contributed by atoms with Crippen LogP contribution in [0, 0.1) is 0 Å². The largest absolute Gasteiger partial charge is 0.492 e. The van der Waals surface area contributed by atoms with Gasteiger partial charge in [0.15, 0.2) is 6.10 Å². The molecule has 32 heavy (non-hydrogen) atoms. The van der Waals surface area contributed by atoms with Crippen LogP contribution in [0.2, 0.25) is 0 Å². The summed E-state index contributed by atoms with van der Waals surface area (Å²) in [6, 6.07) is 14.7. The van der Waals surface area contributed by atoms with Gasteiger partial charge >= 0.3 is 5.97 Å². The molecule has 0 radical (unpaired) electrons. The van der Waals surface area contributed by atoms with Gasteiger partial charge in [-0.25, -0.2) is 9.78 Å². The Morgan fingerprint density at radius 3 is 2.53 bits per heavy atom. The number of carbonyl (C=O) groups is 1. The van der Waals surface area contributed by atoms with E-state index in [9.17, 15) is 9.59 Å². The maximum atomic E-state index is 12.9. The minimum absolute atomic E-state index is 0.0590. The second-order valence-corrected chi connectivity index (χ2v) is 7.07. The van der Waals surface area contributed by atoms with Crippen molar-refractivity contribution in [1.82, 2.24) is 9.55 Å². The molecule has 0 aliphatic rings. The van der Waals surface area contributed by atoms with E-state index < -0.39 is 12.1 Å². The van der Waals surface area contributed by atoms with Crippen LogP contribution in [0.3, 0.4) is 0 Å². The van der Waals surface area contributed by atoms with Crippen LogP contribution >= 0.6 is 0 Å². The lowest BCUT2D eigenvalue weighted by atomic mass is 10.1. The minimum atomic E-state index is -0.744.